The Morgan fingerprint density at radius 1 is 0.964 bits per heavy atom. The lowest BCUT2D eigenvalue weighted by Crippen LogP contribution is -2.13. The fraction of sp³-hybridized carbons (Fsp3) is 0.0500. The summed E-state index contributed by atoms with van der Waals surface area (Å²) >= 11 is 6.58. The highest BCUT2D eigenvalue weighted by molar-refractivity contribution is 9.10. The molecule has 1 amide bonds. The predicted octanol–water partition coefficient (Wildman–Crippen LogP) is 6.17. The normalized spacial score (nSPS) is 11.1. The topological polar surface area (TPSA) is 77.3 Å². The first-order valence-electron chi connectivity index (χ1n) is 8.16. The maximum atomic E-state index is 12.8. The minimum absolute atomic E-state index is 0.0702. The molecule has 0 aromatic heterocycles. The van der Waals surface area contributed by atoms with Gasteiger partial charge in [-0.15, -0.1) is 5.69 Å². The van der Waals surface area contributed by atoms with Crippen molar-refractivity contribution in [3.05, 3.63) is 91.5 Å². The lowest BCUT2D eigenvalue weighted by molar-refractivity contribution is 0.102. The highest BCUT2D eigenvalue weighted by Gasteiger charge is 2.15. The quantitative estimate of drug-likeness (QED) is 0.435. The third kappa shape index (κ3) is 4.81. The molecule has 1 N–H and O–H groups in total. The van der Waals surface area contributed by atoms with E-state index in [9.17, 15) is 13.2 Å². The number of amides is 1. The standard InChI is InChI=1S/C20H15Br2N2O3S/c1-13-4-2-3-5-18(13)24-28(26,27)19-12-14(6-11-17(19)22)20(25)23-16-9-7-15(21)8-10-16/h2-12H,1H3,(H,23,25)/q-1. The minimum atomic E-state index is -4.01. The van der Waals surface area contributed by atoms with Gasteiger partial charge in [0.1, 0.15) is 10.0 Å². The van der Waals surface area contributed by atoms with E-state index in [0.717, 1.165) is 10.0 Å². The molecule has 0 bridgehead atoms. The van der Waals surface area contributed by atoms with Crippen LogP contribution >= 0.6 is 31.9 Å². The van der Waals surface area contributed by atoms with Crippen LogP contribution in [0.3, 0.4) is 0 Å². The Labute approximate surface area is 180 Å². The number of anilines is 1. The fourth-order valence-corrected chi connectivity index (χ4v) is 4.70. The second kappa shape index (κ2) is 8.46. The van der Waals surface area contributed by atoms with Crippen molar-refractivity contribution in [3.63, 3.8) is 0 Å². The van der Waals surface area contributed by atoms with Crippen molar-refractivity contribution in [2.75, 3.05) is 5.32 Å². The van der Waals surface area contributed by atoms with Gasteiger partial charge >= 0.3 is 0 Å². The van der Waals surface area contributed by atoms with Crippen molar-refractivity contribution in [2.45, 2.75) is 11.8 Å². The first-order valence-corrected chi connectivity index (χ1v) is 11.2. The SMILES string of the molecule is Cc1ccccc1[N-]S(=O)(=O)c1cc(C(=O)Nc2ccc(Br)cc2)ccc1Br. The van der Waals surface area contributed by atoms with Crippen molar-refractivity contribution in [1.82, 2.24) is 0 Å². The van der Waals surface area contributed by atoms with Gasteiger partial charge in [0.2, 0.25) is 0 Å². The summed E-state index contributed by atoms with van der Waals surface area (Å²) < 4.78 is 30.8. The van der Waals surface area contributed by atoms with Gasteiger partial charge in [0, 0.05) is 20.2 Å². The average molecular weight is 523 g/mol. The van der Waals surface area contributed by atoms with E-state index in [1.54, 1.807) is 55.5 Å². The predicted molar refractivity (Wildman–Crippen MR) is 118 cm³/mol. The number of halogens is 2. The van der Waals surface area contributed by atoms with Gasteiger partial charge in [0.05, 0.1) is 4.90 Å². The van der Waals surface area contributed by atoms with Gasteiger partial charge in [-0.1, -0.05) is 45.8 Å². The van der Waals surface area contributed by atoms with E-state index in [1.807, 2.05) is 6.07 Å². The maximum absolute atomic E-state index is 12.8. The van der Waals surface area contributed by atoms with Crippen molar-refractivity contribution in [2.24, 2.45) is 0 Å². The number of sulfonamides is 1. The van der Waals surface area contributed by atoms with Crippen LogP contribution in [-0.4, -0.2) is 14.3 Å². The van der Waals surface area contributed by atoms with E-state index < -0.39 is 15.9 Å². The Hall–Kier alpha value is -2.16. The van der Waals surface area contributed by atoms with Crippen molar-refractivity contribution < 1.29 is 13.2 Å². The molecule has 0 heterocycles. The number of benzene rings is 3. The van der Waals surface area contributed by atoms with Gasteiger partial charge in [-0.3, -0.25) is 4.79 Å². The summed E-state index contributed by atoms with van der Waals surface area (Å²) in [6, 6.07) is 18.4. The van der Waals surface area contributed by atoms with E-state index >= 15 is 0 Å². The molecule has 3 aromatic rings. The highest BCUT2D eigenvalue weighted by Crippen LogP contribution is 2.34. The van der Waals surface area contributed by atoms with Gasteiger partial charge in [0.25, 0.3) is 5.91 Å². The largest absolute Gasteiger partial charge is 0.572 e. The third-order valence-corrected chi connectivity index (χ3v) is 6.72. The molecular weight excluding hydrogens is 508 g/mol. The molecule has 0 saturated heterocycles. The van der Waals surface area contributed by atoms with Crippen molar-refractivity contribution >= 4 is 59.2 Å². The van der Waals surface area contributed by atoms with Crippen LogP contribution in [0.15, 0.2) is 80.6 Å². The molecule has 8 heteroatoms. The summed E-state index contributed by atoms with van der Waals surface area (Å²) in [5.41, 5.74) is 1.92. The van der Waals surface area contributed by atoms with Crippen LogP contribution in [0.4, 0.5) is 11.4 Å². The smallest absolute Gasteiger partial charge is 0.255 e. The molecule has 0 radical (unpaired) electrons. The Balaban J connectivity index is 1.89. The monoisotopic (exact) mass is 521 g/mol. The summed E-state index contributed by atoms with van der Waals surface area (Å²) in [4.78, 5) is 12.5. The van der Waals surface area contributed by atoms with Gasteiger partial charge in [-0.05, 0) is 65.3 Å². The van der Waals surface area contributed by atoms with Crippen LogP contribution in [0.1, 0.15) is 15.9 Å². The summed E-state index contributed by atoms with van der Waals surface area (Å²) in [6.45, 7) is 1.78. The molecule has 0 aliphatic carbocycles. The molecule has 0 fully saturated rings. The number of carbonyl (C=O) groups excluding carboxylic acids is 1. The molecule has 28 heavy (non-hydrogen) atoms. The van der Waals surface area contributed by atoms with Crippen LogP contribution in [0.5, 0.6) is 0 Å². The fourth-order valence-electron chi connectivity index (χ4n) is 2.42. The second-order valence-corrected chi connectivity index (χ2v) is 9.30. The van der Waals surface area contributed by atoms with Crippen LogP contribution < -0.4 is 5.32 Å². The van der Waals surface area contributed by atoms with E-state index in [2.05, 4.69) is 41.9 Å². The molecule has 0 spiro atoms. The van der Waals surface area contributed by atoms with E-state index in [1.165, 1.54) is 12.1 Å². The molecule has 0 aliphatic rings. The van der Waals surface area contributed by atoms with Crippen molar-refractivity contribution in [3.8, 4) is 0 Å². The Morgan fingerprint density at radius 2 is 1.64 bits per heavy atom. The molecule has 3 rings (SSSR count). The zero-order chi connectivity index (χ0) is 20.3. The van der Waals surface area contributed by atoms with Crippen LogP contribution in [0.2, 0.25) is 0 Å². The highest BCUT2D eigenvalue weighted by atomic mass is 79.9. The van der Waals surface area contributed by atoms with Gasteiger partial charge in [0.15, 0.2) is 0 Å². The Morgan fingerprint density at radius 3 is 2.32 bits per heavy atom. The van der Waals surface area contributed by atoms with E-state index in [4.69, 9.17) is 0 Å². The lowest BCUT2D eigenvalue weighted by atomic mass is 10.2. The number of carbonyl (C=O) groups is 1. The van der Waals surface area contributed by atoms with Crippen molar-refractivity contribution in [1.29, 1.82) is 0 Å². The summed E-state index contributed by atoms with van der Waals surface area (Å²) in [5.74, 6) is -0.415. The second-order valence-electron chi connectivity index (χ2n) is 5.96. The van der Waals surface area contributed by atoms with Crippen LogP contribution in [0, 0.1) is 6.92 Å². The summed E-state index contributed by atoms with van der Waals surface area (Å²) in [7, 11) is -4.01. The molecule has 0 aliphatic heterocycles. The Bertz CT molecular complexity index is 1130. The first-order chi connectivity index (χ1) is 13.3. The molecule has 0 atom stereocenters. The van der Waals surface area contributed by atoms with E-state index in [-0.39, 0.29) is 10.5 Å². The molecular formula is C20H15Br2N2O3S-. The zero-order valence-electron chi connectivity index (χ0n) is 14.7. The van der Waals surface area contributed by atoms with Gasteiger partial charge < -0.3 is 10.0 Å². The summed E-state index contributed by atoms with van der Waals surface area (Å²) in [6.07, 6.45) is 0. The number of hydrogen-bond acceptors (Lipinski definition) is 3. The number of nitrogens with zero attached hydrogens (tertiary/aromatic N) is 1. The number of aryl methyl sites for hydroxylation is 1. The average Bonchev–Trinajstić information content (AvgIpc) is 2.65. The molecule has 3 aromatic carbocycles. The van der Waals surface area contributed by atoms with Crippen LogP contribution in [0.25, 0.3) is 4.72 Å². The molecule has 0 saturated carbocycles. The number of hydrogen-bond donors (Lipinski definition) is 1. The Kier molecular flexibility index (Phi) is 6.22. The van der Waals surface area contributed by atoms with Gasteiger partial charge in [-0.25, -0.2) is 8.42 Å². The first kappa shape index (κ1) is 20.6. The minimum Gasteiger partial charge on any atom is -0.572 e. The number of nitrogens with one attached hydrogen (secondary N) is 1. The van der Waals surface area contributed by atoms with Gasteiger partial charge in [-0.2, -0.15) is 0 Å². The molecule has 0 unspecified atom stereocenters. The van der Waals surface area contributed by atoms with E-state index in [0.29, 0.717) is 15.8 Å². The third-order valence-electron chi connectivity index (χ3n) is 3.91. The summed E-state index contributed by atoms with van der Waals surface area (Å²) in [5, 5.41) is 2.74. The maximum Gasteiger partial charge on any atom is 0.255 e. The molecule has 5 nitrogen and oxygen atoms in total. The number of rotatable bonds is 5. The zero-order valence-corrected chi connectivity index (χ0v) is 18.7. The molecule has 144 valence electrons. The van der Waals surface area contributed by atoms with Crippen LogP contribution in [-0.2, 0) is 10.0 Å². The lowest BCUT2D eigenvalue weighted by Gasteiger charge is -2.24.